The molecule has 0 spiro atoms. The van der Waals surface area contributed by atoms with Crippen molar-refractivity contribution >= 4 is 15.7 Å². The van der Waals surface area contributed by atoms with Gasteiger partial charge in [0.05, 0.1) is 5.75 Å². The van der Waals surface area contributed by atoms with Gasteiger partial charge in [0.2, 0.25) is 10.0 Å². The van der Waals surface area contributed by atoms with Gasteiger partial charge >= 0.3 is 0 Å². The Balaban J connectivity index is 1.58. The van der Waals surface area contributed by atoms with E-state index in [0.717, 1.165) is 42.8 Å². The second-order valence-corrected chi connectivity index (χ2v) is 8.72. The number of hydrogen-bond acceptors (Lipinski definition) is 4. The molecule has 0 atom stereocenters. The van der Waals surface area contributed by atoms with Gasteiger partial charge in [-0.05, 0) is 56.6 Å². The highest BCUT2D eigenvalue weighted by Gasteiger charge is 2.18. The minimum absolute atomic E-state index is 0.0392. The summed E-state index contributed by atoms with van der Waals surface area (Å²) >= 11 is 0. The fourth-order valence-corrected chi connectivity index (χ4v) is 4.32. The Hall–Kier alpha value is -2.05. The van der Waals surface area contributed by atoms with Crippen LogP contribution in [0.1, 0.15) is 24.0 Å². The number of benzene rings is 2. The molecule has 1 fully saturated rings. The third-order valence-electron chi connectivity index (χ3n) is 4.54. The summed E-state index contributed by atoms with van der Waals surface area (Å²) in [6.45, 7) is 4.04. The van der Waals surface area contributed by atoms with Crippen molar-refractivity contribution in [2.45, 2.75) is 31.6 Å². The summed E-state index contributed by atoms with van der Waals surface area (Å²) in [6.07, 6.45) is 2.26. The molecule has 3 rings (SSSR count). The van der Waals surface area contributed by atoms with E-state index < -0.39 is 10.0 Å². The molecule has 0 amide bonds. The maximum Gasteiger partial charge on any atom is 0.236 e. The average Bonchev–Trinajstić information content (AvgIpc) is 2.58. The molecular weight excluding hydrogens is 348 g/mol. The summed E-state index contributed by atoms with van der Waals surface area (Å²) in [5.74, 6) is 0.740. The lowest BCUT2D eigenvalue weighted by molar-refractivity contribution is 0.114. The molecule has 0 bridgehead atoms. The van der Waals surface area contributed by atoms with E-state index in [1.807, 2.05) is 43.3 Å². The normalized spacial score (nSPS) is 16.4. The van der Waals surface area contributed by atoms with Crippen LogP contribution in [-0.2, 0) is 15.8 Å². The maximum atomic E-state index is 12.4. The second-order valence-electron chi connectivity index (χ2n) is 7.00. The van der Waals surface area contributed by atoms with E-state index in [0.29, 0.717) is 5.69 Å². The zero-order valence-electron chi connectivity index (χ0n) is 15.3. The van der Waals surface area contributed by atoms with Gasteiger partial charge in [0.25, 0.3) is 0 Å². The number of rotatable bonds is 6. The SMILES string of the molecule is Cc1cccc(CS(=O)(=O)Nc2ccc(OC3CCN(C)CC3)cc2)c1. The number of hydrogen-bond donors (Lipinski definition) is 1. The van der Waals surface area contributed by atoms with Crippen LogP contribution < -0.4 is 9.46 Å². The minimum Gasteiger partial charge on any atom is -0.490 e. The lowest BCUT2D eigenvalue weighted by atomic mass is 10.1. The molecule has 26 heavy (non-hydrogen) atoms. The Labute approximate surface area is 156 Å². The number of anilines is 1. The van der Waals surface area contributed by atoms with Crippen LogP contribution in [-0.4, -0.2) is 39.6 Å². The molecule has 140 valence electrons. The van der Waals surface area contributed by atoms with Crippen molar-refractivity contribution in [3.8, 4) is 5.75 Å². The molecule has 0 aliphatic carbocycles. The number of piperidine rings is 1. The van der Waals surface area contributed by atoms with Crippen molar-refractivity contribution in [1.82, 2.24) is 4.90 Å². The van der Waals surface area contributed by atoms with Gasteiger partial charge in [0.1, 0.15) is 11.9 Å². The van der Waals surface area contributed by atoms with Crippen LogP contribution in [0, 0.1) is 6.92 Å². The highest BCUT2D eigenvalue weighted by Crippen LogP contribution is 2.22. The summed E-state index contributed by atoms with van der Waals surface area (Å²) in [7, 11) is -1.33. The lowest BCUT2D eigenvalue weighted by Crippen LogP contribution is -2.35. The molecule has 1 N–H and O–H groups in total. The Kier molecular flexibility index (Phi) is 5.84. The van der Waals surface area contributed by atoms with Gasteiger partial charge in [-0.25, -0.2) is 8.42 Å². The van der Waals surface area contributed by atoms with E-state index in [-0.39, 0.29) is 11.9 Å². The number of nitrogens with zero attached hydrogens (tertiary/aromatic N) is 1. The molecule has 0 aromatic heterocycles. The standard InChI is InChI=1S/C20H26N2O3S/c1-16-4-3-5-17(14-16)15-26(23,24)21-18-6-8-19(9-7-18)25-20-10-12-22(2)13-11-20/h3-9,14,20-21H,10-13,15H2,1-2H3. The highest BCUT2D eigenvalue weighted by atomic mass is 32.2. The maximum absolute atomic E-state index is 12.4. The third-order valence-corrected chi connectivity index (χ3v) is 5.80. The monoisotopic (exact) mass is 374 g/mol. The molecule has 2 aromatic rings. The largest absolute Gasteiger partial charge is 0.490 e. The summed E-state index contributed by atoms with van der Waals surface area (Å²) in [5, 5.41) is 0. The molecule has 2 aromatic carbocycles. The van der Waals surface area contributed by atoms with Crippen molar-refractivity contribution < 1.29 is 13.2 Å². The van der Waals surface area contributed by atoms with Crippen molar-refractivity contribution in [3.05, 3.63) is 59.7 Å². The first kappa shape index (κ1) is 18.7. The molecule has 1 saturated heterocycles. The summed E-state index contributed by atoms with van der Waals surface area (Å²) in [5.41, 5.74) is 2.38. The topological polar surface area (TPSA) is 58.6 Å². The fourth-order valence-electron chi connectivity index (χ4n) is 3.13. The number of nitrogens with one attached hydrogen (secondary N) is 1. The molecule has 5 nitrogen and oxygen atoms in total. The van der Waals surface area contributed by atoms with E-state index in [2.05, 4.69) is 16.7 Å². The first-order valence-electron chi connectivity index (χ1n) is 8.91. The lowest BCUT2D eigenvalue weighted by Gasteiger charge is -2.29. The Morgan fingerprint density at radius 2 is 1.81 bits per heavy atom. The Morgan fingerprint density at radius 1 is 1.12 bits per heavy atom. The molecule has 0 unspecified atom stereocenters. The van der Waals surface area contributed by atoms with Crippen LogP contribution in [0.4, 0.5) is 5.69 Å². The molecule has 6 heteroatoms. The van der Waals surface area contributed by atoms with E-state index >= 15 is 0 Å². The van der Waals surface area contributed by atoms with Gasteiger partial charge in [-0.2, -0.15) is 0 Å². The fraction of sp³-hybridized carbons (Fsp3) is 0.400. The van der Waals surface area contributed by atoms with Crippen molar-refractivity contribution in [1.29, 1.82) is 0 Å². The van der Waals surface area contributed by atoms with E-state index in [9.17, 15) is 8.42 Å². The predicted octanol–water partition coefficient (Wildman–Crippen LogP) is 3.41. The summed E-state index contributed by atoms with van der Waals surface area (Å²) in [6, 6.07) is 14.7. The first-order valence-corrected chi connectivity index (χ1v) is 10.6. The number of sulfonamides is 1. The molecule has 0 radical (unpaired) electrons. The Morgan fingerprint density at radius 3 is 2.46 bits per heavy atom. The van der Waals surface area contributed by atoms with Gasteiger partial charge in [0.15, 0.2) is 0 Å². The van der Waals surface area contributed by atoms with Gasteiger partial charge in [-0.1, -0.05) is 29.8 Å². The highest BCUT2D eigenvalue weighted by molar-refractivity contribution is 7.91. The van der Waals surface area contributed by atoms with Crippen LogP contribution in [0.15, 0.2) is 48.5 Å². The zero-order valence-corrected chi connectivity index (χ0v) is 16.1. The molecule has 1 aliphatic rings. The van der Waals surface area contributed by atoms with Crippen LogP contribution in [0.2, 0.25) is 0 Å². The molecule has 0 saturated carbocycles. The Bertz CT molecular complexity index is 826. The smallest absolute Gasteiger partial charge is 0.236 e. The van der Waals surface area contributed by atoms with Gasteiger partial charge in [0, 0.05) is 18.8 Å². The summed E-state index contributed by atoms with van der Waals surface area (Å²) in [4.78, 5) is 2.30. The van der Waals surface area contributed by atoms with Gasteiger partial charge < -0.3 is 9.64 Å². The van der Waals surface area contributed by atoms with Crippen molar-refractivity contribution in [3.63, 3.8) is 0 Å². The first-order chi connectivity index (χ1) is 12.4. The van der Waals surface area contributed by atoms with E-state index in [4.69, 9.17) is 4.74 Å². The molecular formula is C20H26N2O3S. The predicted molar refractivity (Wildman–Crippen MR) is 105 cm³/mol. The second kappa shape index (κ2) is 8.10. The number of likely N-dealkylation sites (tertiary alicyclic amines) is 1. The van der Waals surface area contributed by atoms with Crippen LogP contribution in [0.3, 0.4) is 0 Å². The average molecular weight is 375 g/mol. The number of aryl methyl sites for hydroxylation is 1. The van der Waals surface area contributed by atoms with Crippen LogP contribution >= 0.6 is 0 Å². The van der Waals surface area contributed by atoms with Crippen LogP contribution in [0.5, 0.6) is 5.75 Å². The number of ether oxygens (including phenoxy) is 1. The van der Waals surface area contributed by atoms with Gasteiger partial charge in [-0.3, -0.25) is 4.72 Å². The summed E-state index contributed by atoms with van der Waals surface area (Å²) < 4.78 is 33.4. The zero-order chi connectivity index (χ0) is 18.6. The van der Waals surface area contributed by atoms with Crippen molar-refractivity contribution in [2.75, 3.05) is 24.9 Å². The minimum atomic E-state index is -3.45. The van der Waals surface area contributed by atoms with Crippen molar-refractivity contribution in [2.24, 2.45) is 0 Å². The third kappa shape index (κ3) is 5.47. The van der Waals surface area contributed by atoms with E-state index in [1.165, 1.54) is 0 Å². The molecule has 1 heterocycles. The molecule has 1 aliphatic heterocycles. The van der Waals surface area contributed by atoms with Crippen LogP contribution in [0.25, 0.3) is 0 Å². The van der Waals surface area contributed by atoms with E-state index in [1.54, 1.807) is 12.1 Å². The van der Waals surface area contributed by atoms with Gasteiger partial charge in [-0.15, -0.1) is 0 Å². The quantitative estimate of drug-likeness (QED) is 0.842.